The molecule has 0 radical (unpaired) electrons. The highest BCUT2D eigenvalue weighted by Crippen LogP contribution is 2.38. The summed E-state index contributed by atoms with van der Waals surface area (Å²) in [7, 11) is 3.53. The molecule has 1 atom stereocenters. The van der Waals surface area contributed by atoms with Crippen LogP contribution >= 0.6 is 22.9 Å². The molecule has 0 aliphatic carbocycles. The van der Waals surface area contributed by atoms with Crippen LogP contribution in [0.25, 0.3) is 5.57 Å². The summed E-state index contributed by atoms with van der Waals surface area (Å²) in [5.41, 5.74) is 4.12. The van der Waals surface area contributed by atoms with E-state index in [4.69, 9.17) is 25.8 Å². The lowest BCUT2D eigenvalue weighted by atomic mass is 9.91. The van der Waals surface area contributed by atoms with Crippen molar-refractivity contribution in [2.45, 2.75) is 25.8 Å². The van der Waals surface area contributed by atoms with Crippen molar-refractivity contribution in [3.63, 3.8) is 0 Å². The third-order valence-corrected chi connectivity index (χ3v) is 7.46. The fraction of sp³-hybridized carbons (Fsp3) is 0.379. The molecule has 0 fully saturated rings. The second kappa shape index (κ2) is 14.2. The van der Waals surface area contributed by atoms with Crippen molar-refractivity contribution in [2.75, 3.05) is 57.7 Å². The molecule has 0 spiro atoms. The van der Waals surface area contributed by atoms with Crippen LogP contribution in [0.3, 0.4) is 0 Å². The Balaban J connectivity index is 1.49. The second-order valence-electron chi connectivity index (χ2n) is 9.10. The van der Waals surface area contributed by atoms with Gasteiger partial charge in [-0.25, -0.2) is 9.78 Å². The van der Waals surface area contributed by atoms with Crippen molar-refractivity contribution in [3.05, 3.63) is 75.8 Å². The van der Waals surface area contributed by atoms with E-state index in [0.29, 0.717) is 50.8 Å². The zero-order valence-corrected chi connectivity index (χ0v) is 24.1. The number of rotatable bonds is 12. The van der Waals surface area contributed by atoms with E-state index in [1.165, 1.54) is 4.88 Å². The topological polar surface area (TPSA) is 85.0 Å². The fourth-order valence-electron chi connectivity index (χ4n) is 4.42. The number of carbonyl (C=O) groups excluding carboxylic acids is 1. The van der Waals surface area contributed by atoms with E-state index in [2.05, 4.69) is 21.7 Å². The van der Waals surface area contributed by atoms with Crippen molar-refractivity contribution in [2.24, 2.45) is 0 Å². The quantitative estimate of drug-likeness (QED) is 0.236. The minimum Gasteiger partial charge on any atom is -0.492 e. The Kier molecular flexibility index (Phi) is 10.5. The summed E-state index contributed by atoms with van der Waals surface area (Å²) in [6.45, 7) is 4.57. The highest BCUT2D eigenvalue weighted by molar-refractivity contribution is 7.15. The van der Waals surface area contributed by atoms with Gasteiger partial charge in [0.25, 0.3) is 0 Å². The van der Waals surface area contributed by atoms with Gasteiger partial charge in [0.15, 0.2) is 5.13 Å². The first-order valence-corrected chi connectivity index (χ1v) is 14.2. The minimum absolute atomic E-state index is 0.295. The number of ether oxygens (including phenoxy) is 3. The van der Waals surface area contributed by atoms with Gasteiger partial charge in [-0.3, -0.25) is 4.90 Å². The molecule has 39 heavy (non-hydrogen) atoms. The first-order valence-electron chi connectivity index (χ1n) is 13.0. The van der Waals surface area contributed by atoms with E-state index >= 15 is 0 Å². The summed E-state index contributed by atoms with van der Waals surface area (Å²) in [5.74, 6) is 0.761. The molecule has 0 saturated carbocycles. The van der Waals surface area contributed by atoms with E-state index in [9.17, 15) is 4.79 Å². The van der Waals surface area contributed by atoms with Crippen LogP contribution in [0.1, 0.15) is 34.9 Å². The Bertz CT molecular complexity index is 1260. The number of methoxy groups -OCH3 is 1. The van der Waals surface area contributed by atoms with Gasteiger partial charge in [-0.15, -0.1) is 11.3 Å². The van der Waals surface area contributed by atoms with Gasteiger partial charge in [0.1, 0.15) is 12.4 Å². The monoisotopic (exact) mass is 570 g/mol. The molecule has 1 unspecified atom stereocenters. The number of hydrogen-bond donors (Lipinski definition) is 2. The molecule has 2 N–H and O–H groups in total. The Morgan fingerprint density at radius 1 is 1.18 bits per heavy atom. The van der Waals surface area contributed by atoms with E-state index in [-0.39, 0.29) is 12.1 Å². The van der Waals surface area contributed by atoms with Gasteiger partial charge in [-0.2, -0.15) is 0 Å². The number of nitrogens with zero attached hydrogens (tertiary/aromatic N) is 2. The normalized spacial score (nSPS) is 15.0. The van der Waals surface area contributed by atoms with Gasteiger partial charge in [-0.1, -0.05) is 29.8 Å². The zero-order valence-electron chi connectivity index (χ0n) is 22.5. The van der Waals surface area contributed by atoms with Crippen molar-refractivity contribution < 1.29 is 19.0 Å². The predicted octanol–water partition coefficient (Wildman–Crippen LogP) is 6.64. The number of carbonyl (C=O) groups is 1. The molecule has 4 rings (SSSR count). The number of aromatic nitrogens is 1. The van der Waals surface area contributed by atoms with E-state index in [0.717, 1.165) is 33.3 Å². The van der Waals surface area contributed by atoms with Gasteiger partial charge in [-0.05, 0) is 54.8 Å². The molecule has 8 nitrogen and oxygen atoms in total. The number of hydrogen-bond acceptors (Lipinski definition) is 8. The van der Waals surface area contributed by atoms with Crippen LogP contribution < -0.4 is 15.4 Å². The van der Waals surface area contributed by atoms with Gasteiger partial charge in [0.2, 0.25) is 0 Å². The van der Waals surface area contributed by atoms with Crippen LogP contribution in [-0.2, 0) is 9.47 Å². The second-order valence-corrected chi connectivity index (χ2v) is 10.8. The average Bonchev–Trinajstić information content (AvgIpc) is 3.38. The third-order valence-electron chi connectivity index (χ3n) is 6.36. The Labute approximate surface area is 238 Å². The largest absolute Gasteiger partial charge is 0.492 e. The van der Waals surface area contributed by atoms with Crippen molar-refractivity contribution >= 4 is 45.4 Å². The molecule has 1 amide bonds. The fourth-order valence-corrected chi connectivity index (χ4v) is 5.28. The highest BCUT2D eigenvalue weighted by atomic mass is 35.5. The first-order chi connectivity index (χ1) is 19.0. The number of thiazole rings is 1. The van der Waals surface area contributed by atoms with Gasteiger partial charge in [0, 0.05) is 61.1 Å². The number of halogens is 1. The van der Waals surface area contributed by atoms with E-state index in [1.54, 1.807) is 23.3 Å². The van der Waals surface area contributed by atoms with E-state index in [1.807, 2.05) is 62.6 Å². The summed E-state index contributed by atoms with van der Waals surface area (Å²) in [6.07, 6.45) is 4.98. The minimum atomic E-state index is -0.338. The van der Waals surface area contributed by atoms with Crippen molar-refractivity contribution in [1.82, 2.24) is 9.88 Å². The summed E-state index contributed by atoms with van der Waals surface area (Å²) in [5, 5.41) is 8.08. The van der Waals surface area contributed by atoms with Gasteiger partial charge >= 0.3 is 6.09 Å². The molecular weight excluding hydrogens is 536 g/mol. The number of nitrogens with one attached hydrogen (secondary N) is 2. The number of benzene rings is 2. The number of amides is 1. The lowest BCUT2D eigenvalue weighted by Gasteiger charge is -2.34. The summed E-state index contributed by atoms with van der Waals surface area (Å²) in [6, 6.07) is 13.4. The smallest absolute Gasteiger partial charge is 0.410 e. The standard InChI is InChI=1S/C29H35ClN4O4S/c1-20-19-33-28(39-20)32-12-16-37-24-8-5-21(6-9-24)27-17-22(25-18-23(30)7-10-26(25)31-2)11-13-34(27)29(35)38-15-4-14-36-3/h5-10,17-19,27,31H,4,11-16H2,1-3H3,(H,32,33). The number of aryl methyl sites for hydroxylation is 1. The summed E-state index contributed by atoms with van der Waals surface area (Å²) in [4.78, 5) is 20.3. The lowest BCUT2D eigenvalue weighted by Crippen LogP contribution is -2.38. The maximum absolute atomic E-state index is 13.1. The SMILES string of the molecule is CNc1ccc(Cl)cc1C1=CC(c2ccc(OCCNc3ncc(C)s3)cc2)N(C(=O)OCCCOC)CC1. The van der Waals surface area contributed by atoms with Crippen molar-refractivity contribution in [3.8, 4) is 5.75 Å². The molecule has 2 heterocycles. The van der Waals surface area contributed by atoms with Gasteiger partial charge in [0.05, 0.1) is 19.2 Å². The van der Waals surface area contributed by atoms with Crippen LogP contribution in [0, 0.1) is 6.92 Å². The molecule has 2 aromatic carbocycles. The molecule has 10 heteroatoms. The molecule has 0 bridgehead atoms. The molecule has 0 saturated heterocycles. The molecular formula is C29H35ClN4O4S. The lowest BCUT2D eigenvalue weighted by molar-refractivity contribution is 0.0823. The van der Waals surface area contributed by atoms with Crippen LogP contribution in [0.15, 0.2) is 54.7 Å². The van der Waals surface area contributed by atoms with Crippen LogP contribution in [-0.4, -0.2) is 63.0 Å². The Hall–Kier alpha value is -3.27. The Morgan fingerprint density at radius 3 is 2.72 bits per heavy atom. The molecule has 3 aromatic rings. The maximum atomic E-state index is 13.1. The molecule has 1 aliphatic rings. The third kappa shape index (κ3) is 7.88. The highest BCUT2D eigenvalue weighted by Gasteiger charge is 2.30. The molecule has 1 aromatic heterocycles. The van der Waals surface area contributed by atoms with Crippen molar-refractivity contribution in [1.29, 1.82) is 0 Å². The first kappa shape index (κ1) is 28.7. The average molecular weight is 571 g/mol. The molecule has 1 aliphatic heterocycles. The summed E-state index contributed by atoms with van der Waals surface area (Å²) < 4.78 is 16.6. The van der Waals surface area contributed by atoms with Gasteiger partial charge < -0.3 is 24.8 Å². The van der Waals surface area contributed by atoms with Crippen LogP contribution in [0.4, 0.5) is 15.6 Å². The number of anilines is 2. The predicted molar refractivity (Wildman–Crippen MR) is 158 cm³/mol. The van der Waals surface area contributed by atoms with E-state index < -0.39 is 0 Å². The zero-order chi connectivity index (χ0) is 27.6. The van der Waals surface area contributed by atoms with Crippen LogP contribution in [0.2, 0.25) is 5.02 Å². The Morgan fingerprint density at radius 2 is 2.00 bits per heavy atom. The summed E-state index contributed by atoms with van der Waals surface area (Å²) >= 11 is 7.96. The maximum Gasteiger partial charge on any atom is 0.410 e. The van der Waals surface area contributed by atoms with Crippen LogP contribution in [0.5, 0.6) is 5.75 Å². The molecule has 208 valence electrons.